The predicted molar refractivity (Wildman–Crippen MR) is 169 cm³/mol. The predicted octanol–water partition coefficient (Wildman–Crippen LogP) is 8.06. The van der Waals surface area contributed by atoms with Gasteiger partial charge in [0, 0.05) is 58.9 Å². The van der Waals surface area contributed by atoms with Crippen LogP contribution in [0, 0.1) is 26.0 Å². The van der Waals surface area contributed by atoms with Crippen LogP contribution < -0.4 is 4.74 Å². The number of aromatic nitrogens is 6. The fourth-order valence-corrected chi connectivity index (χ4v) is 6.48. The van der Waals surface area contributed by atoms with Crippen molar-refractivity contribution in [1.82, 2.24) is 28.7 Å². The maximum atomic E-state index is 6.38. The van der Waals surface area contributed by atoms with Gasteiger partial charge in [-0.1, -0.05) is 82.2 Å². The Morgan fingerprint density at radius 3 is 2.00 bits per heavy atom. The molecule has 5 aromatic heterocycles. The number of benzene rings is 4. The minimum atomic E-state index is 0. The Kier molecular flexibility index (Phi) is 6.00. The molecule has 9 aromatic rings. The van der Waals surface area contributed by atoms with E-state index in [4.69, 9.17) is 9.72 Å². The third-order valence-electron chi connectivity index (χ3n) is 8.31. The fraction of sp³-hybridized carbons (Fsp3) is 0.0556. The van der Waals surface area contributed by atoms with E-state index >= 15 is 0 Å². The van der Waals surface area contributed by atoms with Crippen molar-refractivity contribution >= 4 is 54.8 Å². The van der Waals surface area contributed by atoms with Gasteiger partial charge in [0.15, 0.2) is 0 Å². The number of pyridine rings is 2. The van der Waals surface area contributed by atoms with Gasteiger partial charge in [0.05, 0.1) is 11.3 Å². The maximum absolute atomic E-state index is 6.38. The first-order valence-corrected chi connectivity index (χ1v) is 14.0. The van der Waals surface area contributed by atoms with Gasteiger partial charge in [0.1, 0.15) is 12.0 Å². The summed E-state index contributed by atoms with van der Waals surface area (Å²) in [6.45, 7) is 4.34. The summed E-state index contributed by atoms with van der Waals surface area (Å²) in [4.78, 5) is 18.1. The SMILES string of the molecule is Cc1cccc(C)c1-c1cccc2c3ccc(Oc4[c-]c5c(cc4)c4cncnc4n4ccnc54)[c-]c3c3nccn3c12.[Pt+2]. The van der Waals surface area contributed by atoms with Gasteiger partial charge in [-0.25, -0.2) is 9.97 Å². The minimum Gasteiger partial charge on any atom is -0.497 e. The van der Waals surface area contributed by atoms with E-state index < -0.39 is 0 Å². The number of para-hydroxylation sites is 1. The average Bonchev–Trinajstić information content (AvgIpc) is 3.72. The van der Waals surface area contributed by atoms with Gasteiger partial charge >= 0.3 is 21.1 Å². The molecule has 0 fully saturated rings. The summed E-state index contributed by atoms with van der Waals surface area (Å²) in [6.07, 6.45) is 10.9. The zero-order valence-corrected chi connectivity index (χ0v) is 25.9. The summed E-state index contributed by atoms with van der Waals surface area (Å²) in [5.74, 6) is 1.16. The molecule has 0 aliphatic carbocycles. The zero-order valence-electron chi connectivity index (χ0n) is 23.6. The molecule has 0 unspecified atom stereocenters. The molecular weight excluding hydrogens is 728 g/mol. The zero-order chi connectivity index (χ0) is 28.7. The van der Waals surface area contributed by atoms with E-state index in [2.05, 4.69) is 87.8 Å². The fourth-order valence-electron chi connectivity index (χ4n) is 6.48. The Morgan fingerprint density at radius 1 is 0.636 bits per heavy atom. The third kappa shape index (κ3) is 3.79. The summed E-state index contributed by atoms with van der Waals surface area (Å²) in [6, 6.07) is 27.9. The van der Waals surface area contributed by atoms with Crippen molar-refractivity contribution < 1.29 is 25.8 Å². The van der Waals surface area contributed by atoms with E-state index in [1.165, 1.54) is 22.3 Å². The molecule has 0 amide bonds. The summed E-state index contributed by atoms with van der Waals surface area (Å²) < 4.78 is 10.5. The van der Waals surface area contributed by atoms with Crippen LogP contribution in [-0.2, 0) is 21.1 Å². The van der Waals surface area contributed by atoms with Crippen molar-refractivity contribution in [3.63, 3.8) is 0 Å². The molecule has 0 radical (unpaired) electrons. The Labute approximate surface area is 266 Å². The Balaban J connectivity index is 0.00000289. The van der Waals surface area contributed by atoms with E-state index in [0.29, 0.717) is 11.5 Å². The molecule has 0 saturated carbocycles. The Bertz CT molecular complexity index is 2570. The van der Waals surface area contributed by atoms with E-state index in [-0.39, 0.29) is 21.1 Å². The van der Waals surface area contributed by atoms with Gasteiger partial charge < -0.3 is 13.5 Å². The molecule has 0 saturated heterocycles. The number of hydrogen-bond acceptors (Lipinski definition) is 5. The second-order valence-corrected chi connectivity index (χ2v) is 10.8. The van der Waals surface area contributed by atoms with Gasteiger partial charge in [0.2, 0.25) is 0 Å². The molecule has 212 valence electrons. The number of rotatable bonds is 3. The van der Waals surface area contributed by atoms with Crippen molar-refractivity contribution in [2.75, 3.05) is 0 Å². The Morgan fingerprint density at radius 2 is 1.27 bits per heavy atom. The number of ether oxygens (including phenoxy) is 1. The largest absolute Gasteiger partial charge is 2.00 e. The summed E-state index contributed by atoms with van der Waals surface area (Å²) >= 11 is 0. The molecule has 0 aliphatic heterocycles. The minimum absolute atomic E-state index is 0. The third-order valence-corrected chi connectivity index (χ3v) is 8.31. The molecule has 0 atom stereocenters. The first-order chi connectivity index (χ1) is 21.2. The van der Waals surface area contributed by atoms with E-state index in [0.717, 1.165) is 54.8 Å². The summed E-state index contributed by atoms with van der Waals surface area (Å²) in [7, 11) is 0. The van der Waals surface area contributed by atoms with Crippen LogP contribution in [-0.4, -0.2) is 28.7 Å². The van der Waals surface area contributed by atoms with Crippen LogP contribution in [0.25, 0.3) is 65.9 Å². The normalized spacial score (nSPS) is 11.7. The quantitative estimate of drug-likeness (QED) is 0.135. The number of hydrogen-bond donors (Lipinski definition) is 0. The number of nitrogens with zero attached hydrogens (tertiary/aromatic N) is 6. The van der Waals surface area contributed by atoms with Crippen LogP contribution in [0.15, 0.2) is 98.0 Å². The molecule has 4 aromatic carbocycles. The molecule has 0 bridgehead atoms. The molecule has 5 heterocycles. The van der Waals surface area contributed by atoms with Crippen molar-refractivity contribution in [2.45, 2.75) is 13.8 Å². The molecule has 0 N–H and O–H groups in total. The van der Waals surface area contributed by atoms with Crippen molar-refractivity contribution in [2.24, 2.45) is 0 Å². The number of aryl methyl sites for hydroxylation is 2. The van der Waals surface area contributed by atoms with E-state index in [1.54, 1.807) is 12.5 Å². The van der Waals surface area contributed by atoms with Gasteiger partial charge in [-0.05, 0) is 35.9 Å². The van der Waals surface area contributed by atoms with Gasteiger partial charge in [-0.2, -0.15) is 0 Å². The number of fused-ring (bicyclic) bond motifs is 12. The number of imidazole rings is 2. The molecular formula is C36H22N6OPt. The van der Waals surface area contributed by atoms with Crippen molar-refractivity contribution in [3.8, 4) is 22.6 Å². The molecule has 0 spiro atoms. The first-order valence-electron chi connectivity index (χ1n) is 14.0. The monoisotopic (exact) mass is 749 g/mol. The molecule has 44 heavy (non-hydrogen) atoms. The first kappa shape index (κ1) is 26.5. The van der Waals surface area contributed by atoms with Crippen LogP contribution in [0.4, 0.5) is 0 Å². The summed E-state index contributed by atoms with van der Waals surface area (Å²) in [5, 5.41) is 5.84. The van der Waals surface area contributed by atoms with Crippen LogP contribution in [0.1, 0.15) is 11.1 Å². The van der Waals surface area contributed by atoms with E-state index in [1.807, 2.05) is 47.4 Å². The van der Waals surface area contributed by atoms with Gasteiger partial charge in [-0.15, -0.1) is 12.1 Å². The summed E-state index contributed by atoms with van der Waals surface area (Å²) in [5.41, 5.74) is 8.46. The van der Waals surface area contributed by atoms with Crippen LogP contribution in [0.2, 0.25) is 0 Å². The molecule has 9 rings (SSSR count). The van der Waals surface area contributed by atoms with Crippen LogP contribution in [0.5, 0.6) is 11.5 Å². The van der Waals surface area contributed by atoms with Crippen molar-refractivity contribution in [1.29, 1.82) is 0 Å². The Hall–Kier alpha value is -5.13. The topological polar surface area (TPSA) is 69.6 Å². The standard InChI is InChI=1S/C36H22N6O.Pt/c1-21-5-3-6-22(2)32(21)28-8-4-7-27-25-11-9-23(17-29(25)34-38-13-15-41(34)33(27)28)43-24-10-12-26-30(18-24)35-39-14-16-42(35)36-31(26)19-37-20-40-36;/h3-16,19-20H,1-2H3;/q-2;+2. The van der Waals surface area contributed by atoms with Crippen LogP contribution >= 0.6 is 0 Å². The van der Waals surface area contributed by atoms with E-state index in [9.17, 15) is 0 Å². The molecule has 0 aliphatic rings. The van der Waals surface area contributed by atoms with Crippen molar-refractivity contribution in [3.05, 3.63) is 121 Å². The molecule has 7 nitrogen and oxygen atoms in total. The molecule has 8 heteroatoms. The maximum Gasteiger partial charge on any atom is 2.00 e. The van der Waals surface area contributed by atoms with Gasteiger partial charge in [0.25, 0.3) is 0 Å². The second-order valence-electron chi connectivity index (χ2n) is 10.8. The average molecular weight is 750 g/mol. The smallest absolute Gasteiger partial charge is 0.497 e. The van der Waals surface area contributed by atoms with Gasteiger partial charge in [-0.3, -0.25) is 9.97 Å². The second kappa shape index (κ2) is 9.97. The van der Waals surface area contributed by atoms with Crippen LogP contribution in [0.3, 0.4) is 0 Å².